The first-order valence-corrected chi connectivity index (χ1v) is 26.4. The molecule has 0 aliphatic heterocycles. The second-order valence-electron chi connectivity index (χ2n) is 25.9. The van der Waals surface area contributed by atoms with Gasteiger partial charge in [0.05, 0.1) is 0 Å². The van der Waals surface area contributed by atoms with E-state index in [1.54, 1.807) is 97.0 Å². The molecule has 0 saturated carbocycles. The van der Waals surface area contributed by atoms with Gasteiger partial charge in [0, 0.05) is 34.9 Å². The summed E-state index contributed by atoms with van der Waals surface area (Å²) in [5.41, 5.74) is 3.76. The third-order valence-corrected chi connectivity index (χ3v) is 25.3. The predicted octanol–water partition coefficient (Wildman–Crippen LogP) is 17.3. The Kier molecular flexibility index (Phi) is 2.37. The largest absolute Gasteiger partial charge is 0.377 e. The van der Waals surface area contributed by atoms with Crippen LogP contribution in [0.4, 0.5) is 0 Å². The minimum Gasteiger partial charge on any atom is -0.377 e. The highest BCUT2D eigenvalue weighted by Crippen LogP contribution is 2.84. The first-order chi connectivity index (χ1) is 35.6. The number of amides is 1. The van der Waals surface area contributed by atoms with Crippen LogP contribution in [0.2, 0.25) is 0 Å². The van der Waals surface area contributed by atoms with Gasteiger partial charge in [-0.15, -0.1) is 0 Å². The fourth-order valence-electron chi connectivity index (χ4n) is 24.8. The number of carbonyl (C=O) groups excluding carboxylic acids is 1. The quantitative estimate of drug-likeness (QED) is 0.176. The molecule has 0 radical (unpaired) electrons. The van der Waals surface area contributed by atoms with E-state index in [1.165, 1.54) is 205 Å². The van der Waals surface area contributed by atoms with E-state index in [9.17, 15) is 0 Å². The molecular formula is C69H11NO2. The summed E-state index contributed by atoms with van der Waals surface area (Å²) in [4.78, 5) is 18.6. The molecule has 304 valence electrons. The second-order valence-corrected chi connectivity index (χ2v) is 25.9. The highest BCUT2D eigenvalue weighted by Gasteiger charge is 2.72. The Morgan fingerprint density at radius 2 is 0.458 bits per heavy atom. The van der Waals surface area contributed by atoms with Crippen molar-refractivity contribution in [3.63, 3.8) is 0 Å². The molecule has 4 aliphatic rings. The topological polar surface area (TPSA) is 40.5 Å². The van der Waals surface area contributed by atoms with Gasteiger partial charge in [0.2, 0.25) is 0 Å². The summed E-state index contributed by atoms with van der Waals surface area (Å²) in [6.07, 6.45) is 0. The molecule has 0 saturated heterocycles. The number of aliphatic hydroxyl groups is 1. The van der Waals surface area contributed by atoms with E-state index >= 15 is 9.90 Å². The molecule has 29 aromatic carbocycles. The Labute approximate surface area is 392 Å². The molecule has 0 fully saturated rings. The van der Waals surface area contributed by atoms with Gasteiger partial charge in [-0.3, -0.25) is 4.79 Å². The van der Waals surface area contributed by atoms with Crippen molar-refractivity contribution in [2.24, 2.45) is 0 Å². The second kappa shape index (κ2) is 6.22. The van der Waals surface area contributed by atoms with Crippen LogP contribution in [0.5, 0.6) is 0 Å². The van der Waals surface area contributed by atoms with Gasteiger partial charge in [-0.25, -0.2) is 0 Å². The minimum atomic E-state index is -1.56. The summed E-state index contributed by atoms with van der Waals surface area (Å²) in [6, 6.07) is 8.28. The highest BCUT2D eigenvalue weighted by atomic mass is 16.3. The van der Waals surface area contributed by atoms with Crippen LogP contribution >= 0.6 is 0 Å². The molecule has 72 heavy (non-hydrogen) atoms. The summed E-state index contributed by atoms with van der Waals surface area (Å²) >= 11 is 0. The molecule has 33 rings (SSSR count). The SMILES string of the molecule is Cc1ccc(C(=O)N(C)C23c4c5c6c7c8c9c(c%10c%11c2c2c4c4c%12c5c5c6c6c8c8c%13c9c9c%10c%10c%11c%11c2c2c4c4c%12c%12c5c5c6c8c6c8c%13c9c9c%10c%10c%11c2c2c4c4c%12c5c6c5c8c9c%10c2c45)C73O)cc1. The average Bonchev–Trinajstić information content (AvgIpc) is 4.42. The molecule has 0 unspecified atom stereocenters. The smallest absolute Gasteiger partial charge is 0.254 e. The first kappa shape index (κ1) is 27.5. The molecular weight excluding hydrogens is 875 g/mol. The lowest BCUT2D eigenvalue weighted by atomic mass is 9.58. The van der Waals surface area contributed by atoms with E-state index in [-0.39, 0.29) is 5.91 Å². The van der Waals surface area contributed by atoms with Crippen LogP contribution in [0, 0.1) is 6.92 Å². The zero-order chi connectivity index (χ0) is 43.6. The Bertz CT molecular complexity index is 7280. The van der Waals surface area contributed by atoms with Crippen LogP contribution in [-0.2, 0) is 11.1 Å². The van der Waals surface area contributed by atoms with Crippen LogP contribution in [0.3, 0.4) is 0 Å². The molecule has 0 spiro atoms. The number of hydrogen-bond acceptors (Lipinski definition) is 2. The van der Waals surface area contributed by atoms with Crippen molar-refractivity contribution < 1.29 is 9.90 Å². The molecule has 0 bridgehead atoms. The summed E-state index contributed by atoms with van der Waals surface area (Å²) in [6.45, 7) is 2.11. The Morgan fingerprint density at radius 1 is 0.292 bits per heavy atom. The van der Waals surface area contributed by atoms with E-state index in [2.05, 4.69) is 31.0 Å². The number of carbonyl (C=O) groups is 1. The maximum atomic E-state index is 16.4. The van der Waals surface area contributed by atoms with Crippen LogP contribution < -0.4 is 0 Å². The molecule has 0 aromatic heterocycles. The highest BCUT2D eigenvalue weighted by molar-refractivity contribution is 6.82. The van der Waals surface area contributed by atoms with Crippen molar-refractivity contribution in [2.45, 2.75) is 18.1 Å². The Morgan fingerprint density at radius 3 is 0.653 bits per heavy atom. The van der Waals surface area contributed by atoms with Gasteiger partial charge in [-0.05, 0) is 310 Å². The van der Waals surface area contributed by atoms with Crippen molar-refractivity contribution in [1.29, 1.82) is 0 Å². The van der Waals surface area contributed by atoms with Gasteiger partial charge in [0.1, 0.15) is 11.1 Å². The maximum absolute atomic E-state index is 16.4. The Balaban J connectivity index is 1.15. The molecule has 3 nitrogen and oxygen atoms in total. The monoisotopic (exact) mass is 885 g/mol. The van der Waals surface area contributed by atoms with Gasteiger partial charge in [0.15, 0.2) is 0 Å². The van der Waals surface area contributed by atoms with Crippen LogP contribution in [-0.4, -0.2) is 23.0 Å². The van der Waals surface area contributed by atoms with E-state index in [1.807, 2.05) is 12.1 Å². The van der Waals surface area contributed by atoms with Gasteiger partial charge in [-0.2, -0.15) is 0 Å². The van der Waals surface area contributed by atoms with Crippen molar-refractivity contribution >= 4 is 297 Å². The number of nitrogens with zero attached hydrogens (tertiary/aromatic N) is 1. The fraction of sp³-hybridized carbons (Fsp3) is 0.0580. The zero-order valence-electron chi connectivity index (χ0n) is 37.1. The van der Waals surface area contributed by atoms with Crippen molar-refractivity contribution in [3.05, 3.63) is 57.6 Å². The normalized spacial score (nSPS) is 21.4. The summed E-state index contributed by atoms with van der Waals surface area (Å²) in [5.74, 6) is -0.0130. The number of rotatable bonds is 2. The summed E-state index contributed by atoms with van der Waals surface area (Å²) in [5, 5.41) is 96.4. The third kappa shape index (κ3) is 1.47. The number of likely N-dealkylation sites (N-methyl/N-ethyl adjacent to an activating group) is 1. The third-order valence-electron chi connectivity index (χ3n) is 25.3. The van der Waals surface area contributed by atoms with Crippen molar-refractivity contribution in [1.82, 2.24) is 4.90 Å². The number of aryl methyl sites for hydroxylation is 1. The molecule has 0 heterocycles. The summed E-state index contributed by atoms with van der Waals surface area (Å²) < 4.78 is 0. The lowest BCUT2D eigenvalue weighted by Crippen LogP contribution is -2.62. The number of hydrogen-bond donors (Lipinski definition) is 1. The molecule has 1 amide bonds. The standard InChI is InChI=1S/C69H11NO2/c1-7-3-5-8(6-4-7)67(71)70(2)68-63-55-47-37-27-19-11-9-10-13-17-15(11)23-31-25(17)35-29-21(13)22-14(10)18-16-12(9)20(19)28-34-24(16)32-26(18)36-30(22)40-39(29)51-45(35)53-43(31)49(41(47)33(23)27)57(63)59(53)65-61(51)62-52(40)46(36)54-44(32)50-42(34)48(38(28)37)56(55)64(68)58(50)60(54)66(62)69(65,68)72/h3-6,72H,1-2H3. The average molecular weight is 886 g/mol. The molecule has 29 aromatic rings. The fourth-order valence-corrected chi connectivity index (χ4v) is 24.8. The van der Waals surface area contributed by atoms with E-state index < -0.39 is 11.1 Å². The Hall–Kier alpha value is -8.89. The van der Waals surface area contributed by atoms with E-state index in [0.29, 0.717) is 5.56 Å². The van der Waals surface area contributed by atoms with E-state index in [4.69, 9.17) is 0 Å². The minimum absolute atomic E-state index is 0.0130. The first-order valence-electron chi connectivity index (χ1n) is 26.4. The maximum Gasteiger partial charge on any atom is 0.254 e. The molecule has 0 atom stereocenters. The van der Waals surface area contributed by atoms with Gasteiger partial charge in [0.25, 0.3) is 5.91 Å². The molecule has 4 aliphatic carbocycles. The van der Waals surface area contributed by atoms with Crippen molar-refractivity contribution in [2.75, 3.05) is 7.05 Å². The zero-order valence-corrected chi connectivity index (χ0v) is 37.1. The van der Waals surface area contributed by atoms with Gasteiger partial charge < -0.3 is 10.0 Å². The molecule has 1 N–H and O–H groups in total. The lowest BCUT2D eigenvalue weighted by Gasteiger charge is -2.55. The van der Waals surface area contributed by atoms with Crippen LogP contribution in [0.25, 0.3) is 291 Å². The number of benzene rings is 19. The lowest BCUT2D eigenvalue weighted by molar-refractivity contribution is -0.0481. The van der Waals surface area contributed by atoms with E-state index in [0.717, 1.165) is 16.7 Å². The molecule has 3 heteroatoms. The summed E-state index contributed by atoms with van der Waals surface area (Å²) in [7, 11) is 2.12. The van der Waals surface area contributed by atoms with Gasteiger partial charge >= 0.3 is 0 Å². The van der Waals surface area contributed by atoms with Crippen LogP contribution in [0.15, 0.2) is 24.3 Å². The van der Waals surface area contributed by atoms with Crippen LogP contribution in [0.1, 0.15) is 38.2 Å². The predicted molar refractivity (Wildman–Crippen MR) is 299 cm³/mol. The van der Waals surface area contributed by atoms with Crippen molar-refractivity contribution in [3.8, 4) is 0 Å². The van der Waals surface area contributed by atoms with Gasteiger partial charge in [-0.1, -0.05) is 17.7 Å².